The molecule has 1 saturated heterocycles. The largest absolute Gasteiger partial charge is 0.462 e. The molecule has 3 rings (SSSR count). The average Bonchev–Trinajstić information content (AvgIpc) is 3.38. The van der Waals surface area contributed by atoms with Gasteiger partial charge in [-0.2, -0.15) is 0 Å². The first-order valence-electron chi connectivity index (χ1n) is 11.8. The van der Waals surface area contributed by atoms with Crippen LogP contribution in [0.1, 0.15) is 66.7 Å². The lowest BCUT2D eigenvalue weighted by molar-refractivity contribution is 0.0499. The molecule has 0 saturated carbocycles. The topological polar surface area (TPSA) is 105 Å². The zero-order chi connectivity index (χ0) is 24.6. The van der Waals surface area contributed by atoms with Crippen LogP contribution in [0.4, 0.5) is 11.4 Å². The van der Waals surface area contributed by atoms with Gasteiger partial charge in [0.2, 0.25) is 10.0 Å². The van der Waals surface area contributed by atoms with Crippen molar-refractivity contribution in [1.82, 2.24) is 4.72 Å². The van der Waals surface area contributed by atoms with Gasteiger partial charge in [0.05, 0.1) is 17.9 Å². The number of rotatable bonds is 11. The Balaban J connectivity index is 1.78. The lowest BCUT2D eigenvalue weighted by Crippen LogP contribution is -2.28. The maximum absolute atomic E-state index is 13.0. The van der Waals surface area contributed by atoms with Gasteiger partial charge in [-0.1, -0.05) is 20.3 Å². The van der Waals surface area contributed by atoms with Crippen LogP contribution >= 0.6 is 0 Å². The maximum atomic E-state index is 13.0. The number of carbonyl (C=O) groups is 2. The average molecular weight is 488 g/mol. The van der Waals surface area contributed by atoms with E-state index in [2.05, 4.69) is 10.0 Å². The standard InChI is InChI=1S/C25H33N3O5S/c1-3-5-17-33-25(30)19-8-11-21(12-9-19)27-24(29)20-10-13-22(28-15-6-7-16-28)23(18-20)34(31,32)26-14-4-2/h8-13,18,26H,3-7,14-17H2,1-2H3,(H,27,29). The van der Waals surface area contributed by atoms with Crippen molar-refractivity contribution in [3.63, 3.8) is 0 Å². The van der Waals surface area contributed by atoms with Crippen molar-refractivity contribution in [3.8, 4) is 0 Å². The monoisotopic (exact) mass is 487 g/mol. The fourth-order valence-electron chi connectivity index (χ4n) is 3.69. The van der Waals surface area contributed by atoms with Crippen LogP contribution in [-0.4, -0.2) is 46.5 Å². The predicted octanol–water partition coefficient (Wildman–Crippen LogP) is 4.18. The Morgan fingerprint density at radius 3 is 2.29 bits per heavy atom. The quantitative estimate of drug-likeness (QED) is 0.364. The molecule has 2 aromatic carbocycles. The van der Waals surface area contributed by atoms with E-state index in [0.717, 1.165) is 38.8 Å². The molecule has 9 heteroatoms. The second-order valence-electron chi connectivity index (χ2n) is 8.30. The third kappa shape index (κ3) is 6.57. The van der Waals surface area contributed by atoms with E-state index >= 15 is 0 Å². The van der Waals surface area contributed by atoms with Crippen molar-refractivity contribution in [2.45, 2.75) is 50.8 Å². The minimum Gasteiger partial charge on any atom is -0.462 e. The van der Waals surface area contributed by atoms with Crippen LogP contribution in [0.3, 0.4) is 0 Å². The number of carbonyl (C=O) groups excluding carboxylic acids is 2. The van der Waals surface area contributed by atoms with Crippen LogP contribution in [-0.2, 0) is 14.8 Å². The minimum atomic E-state index is -3.77. The van der Waals surface area contributed by atoms with Crippen LogP contribution in [0.15, 0.2) is 47.4 Å². The van der Waals surface area contributed by atoms with Gasteiger partial charge in [0.1, 0.15) is 4.90 Å². The molecule has 8 nitrogen and oxygen atoms in total. The molecule has 0 atom stereocenters. The van der Waals surface area contributed by atoms with Gasteiger partial charge in [-0.15, -0.1) is 0 Å². The van der Waals surface area contributed by atoms with Crippen LogP contribution in [0, 0.1) is 0 Å². The van der Waals surface area contributed by atoms with Gasteiger partial charge in [0.25, 0.3) is 5.91 Å². The fourth-order valence-corrected chi connectivity index (χ4v) is 5.07. The zero-order valence-electron chi connectivity index (χ0n) is 19.8. The molecule has 34 heavy (non-hydrogen) atoms. The summed E-state index contributed by atoms with van der Waals surface area (Å²) in [7, 11) is -3.77. The SMILES string of the molecule is CCCCOC(=O)c1ccc(NC(=O)c2ccc(N3CCCC3)c(S(=O)(=O)NCCC)c2)cc1. The Bertz CT molecular complexity index is 1090. The number of unbranched alkanes of at least 4 members (excludes halogenated alkanes) is 1. The van der Waals surface area contributed by atoms with Gasteiger partial charge in [0.15, 0.2) is 0 Å². The van der Waals surface area contributed by atoms with E-state index in [1.807, 2.05) is 18.7 Å². The number of nitrogens with one attached hydrogen (secondary N) is 2. The summed E-state index contributed by atoms with van der Waals surface area (Å²) in [5.74, 6) is -0.837. The van der Waals surface area contributed by atoms with Crippen molar-refractivity contribution in [3.05, 3.63) is 53.6 Å². The smallest absolute Gasteiger partial charge is 0.338 e. The summed E-state index contributed by atoms with van der Waals surface area (Å²) < 4.78 is 33.8. The number of esters is 1. The Morgan fingerprint density at radius 1 is 0.971 bits per heavy atom. The molecule has 1 fully saturated rings. The van der Waals surface area contributed by atoms with E-state index in [1.165, 1.54) is 6.07 Å². The van der Waals surface area contributed by atoms with E-state index in [9.17, 15) is 18.0 Å². The number of ether oxygens (including phenoxy) is 1. The third-order valence-corrected chi connectivity index (χ3v) is 7.10. The first-order valence-corrected chi connectivity index (χ1v) is 13.3. The Kier molecular flexibility index (Phi) is 9.06. The van der Waals surface area contributed by atoms with Crippen LogP contribution in [0.2, 0.25) is 0 Å². The first kappa shape index (κ1) is 25.7. The highest BCUT2D eigenvalue weighted by Crippen LogP contribution is 2.29. The Labute approximate surface area is 201 Å². The molecule has 0 aromatic heterocycles. The van der Waals surface area contributed by atoms with Crippen molar-refractivity contribution >= 4 is 33.3 Å². The van der Waals surface area contributed by atoms with Crippen LogP contribution < -0.4 is 14.9 Å². The zero-order valence-corrected chi connectivity index (χ0v) is 20.6. The summed E-state index contributed by atoms with van der Waals surface area (Å²) in [6.07, 6.45) is 4.43. The van der Waals surface area contributed by atoms with Gasteiger partial charge in [-0.05, 0) is 68.1 Å². The molecule has 0 spiro atoms. The highest BCUT2D eigenvalue weighted by molar-refractivity contribution is 7.89. The van der Waals surface area contributed by atoms with E-state index in [0.29, 0.717) is 36.5 Å². The number of sulfonamides is 1. The second kappa shape index (κ2) is 12.0. The summed E-state index contributed by atoms with van der Waals surface area (Å²) in [5.41, 5.74) is 1.75. The number of hydrogen-bond acceptors (Lipinski definition) is 6. The molecule has 1 aliphatic heterocycles. The van der Waals surface area contributed by atoms with Crippen LogP contribution in [0.5, 0.6) is 0 Å². The van der Waals surface area contributed by atoms with Crippen molar-refractivity contribution < 1.29 is 22.7 Å². The lowest BCUT2D eigenvalue weighted by Gasteiger charge is -2.22. The molecule has 1 amide bonds. The van der Waals surface area contributed by atoms with E-state index < -0.39 is 21.9 Å². The van der Waals surface area contributed by atoms with Crippen molar-refractivity contribution in [2.24, 2.45) is 0 Å². The minimum absolute atomic E-state index is 0.112. The summed E-state index contributed by atoms with van der Waals surface area (Å²) in [5, 5.41) is 2.77. The molecule has 2 aromatic rings. The predicted molar refractivity (Wildman–Crippen MR) is 133 cm³/mol. The van der Waals surface area contributed by atoms with Gasteiger partial charge >= 0.3 is 5.97 Å². The molecule has 2 N–H and O–H groups in total. The number of anilines is 2. The third-order valence-electron chi connectivity index (χ3n) is 5.61. The van der Waals surface area contributed by atoms with Crippen molar-refractivity contribution in [2.75, 3.05) is 36.5 Å². The first-order chi connectivity index (χ1) is 16.4. The van der Waals surface area contributed by atoms with E-state index in [-0.39, 0.29) is 10.5 Å². The maximum Gasteiger partial charge on any atom is 0.338 e. The number of hydrogen-bond donors (Lipinski definition) is 2. The highest BCUT2D eigenvalue weighted by Gasteiger charge is 2.25. The van der Waals surface area contributed by atoms with Crippen molar-refractivity contribution in [1.29, 1.82) is 0 Å². The Hall–Kier alpha value is -2.91. The number of benzene rings is 2. The summed E-state index contributed by atoms with van der Waals surface area (Å²) in [6, 6.07) is 11.2. The molecule has 184 valence electrons. The highest BCUT2D eigenvalue weighted by atomic mass is 32.2. The molecule has 0 unspecified atom stereocenters. The molecule has 0 aliphatic carbocycles. The molecule has 0 radical (unpaired) electrons. The van der Waals surface area contributed by atoms with Gasteiger partial charge in [0, 0.05) is 30.9 Å². The lowest BCUT2D eigenvalue weighted by atomic mass is 10.1. The number of nitrogens with zero attached hydrogens (tertiary/aromatic N) is 1. The molecule has 0 bridgehead atoms. The molecule has 1 aliphatic rings. The molecule has 1 heterocycles. The van der Waals surface area contributed by atoms with Gasteiger partial charge < -0.3 is 15.0 Å². The van der Waals surface area contributed by atoms with Gasteiger partial charge in [-0.3, -0.25) is 4.79 Å². The number of amides is 1. The summed E-state index contributed by atoms with van der Waals surface area (Å²) >= 11 is 0. The normalized spacial score (nSPS) is 13.6. The second-order valence-corrected chi connectivity index (χ2v) is 10.0. The Morgan fingerprint density at radius 2 is 1.65 bits per heavy atom. The van der Waals surface area contributed by atoms with E-state index in [1.54, 1.807) is 36.4 Å². The molecular formula is C25H33N3O5S. The fraction of sp³-hybridized carbons (Fsp3) is 0.440. The summed E-state index contributed by atoms with van der Waals surface area (Å²) in [6.45, 7) is 6.18. The van der Waals surface area contributed by atoms with E-state index in [4.69, 9.17) is 4.74 Å². The van der Waals surface area contributed by atoms with Crippen LogP contribution in [0.25, 0.3) is 0 Å². The van der Waals surface area contributed by atoms with Gasteiger partial charge in [-0.25, -0.2) is 17.9 Å². The molecular weight excluding hydrogens is 454 g/mol. The summed E-state index contributed by atoms with van der Waals surface area (Å²) in [4.78, 5) is 27.1.